The highest BCUT2D eigenvalue weighted by Gasteiger charge is 2.45. The average molecular weight is 567 g/mol. The Morgan fingerprint density at radius 2 is 0.955 bits per heavy atom. The molecule has 0 N–H and O–H groups in total. The van der Waals surface area contributed by atoms with Crippen LogP contribution in [0.5, 0.6) is 0 Å². The van der Waals surface area contributed by atoms with E-state index < -0.39 is 0 Å². The summed E-state index contributed by atoms with van der Waals surface area (Å²) >= 11 is 0. The van der Waals surface area contributed by atoms with E-state index >= 15 is 0 Å². The Morgan fingerprint density at radius 3 is 1.64 bits per heavy atom. The SMILES string of the molecule is CC1(C)c2ccccc2N2c3ccc(-c4ccc(-n5c6ccccc6c6ccccc65)cc4)cc3C(C)(C)c3cccc1c32. The summed E-state index contributed by atoms with van der Waals surface area (Å²) in [7, 11) is 0. The Bertz CT molecular complexity index is 2230. The molecule has 2 aliphatic heterocycles. The highest BCUT2D eigenvalue weighted by molar-refractivity contribution is 6.09. The molecule has 0 fully saturated rings. The number of anilines is 3. The molecule has 1 aromatic heterocycles. The van der Waals surface area contributed by atoms with E-state index in [0.29, 0.717) is 0 Å². The molecular formula is C42H34N2. The van der Waals surface area contributed by atoms with Crippen LogP contribution in [0.15, 0.2) is 133 Å². The molecule has 2 aliphatic rings. The van der Waals surface area contributed by atoms with Crippen molar-refractivity contribution in [2.45, 2.75) is 38.5 Å². The fraction of sp³-hybridized carbons (Fsp3) is 0.143. The summed E-state index contributed by atoms with van der Waals surface area (Å²) in [5.41, 5.74) is 15.4. The molecule has 0 radical (unpaired) electrons. The summed E-state index contributed by atoms with van der Waals surface area (Å²) < 4.78 is 2.38. The zero-order chi connectivity index (χ0) is 29.8. The van der Waals surface area contributed by atoms with E-state index in [1.54, 1.807) is 0 Å². The Morgan fingerprint density at radius 1 is 0.432 bits per heavy atom. The third kappa shape index (κ3) is 3.26. The van der Waals surface area contributed by atoms with Crippen molar-refractivity contribution in [3.05, 3.63) is 156 Å². The molecule has 6 aromatic carbocycles. The molecule has 0 saturated carbocycles. The van der Waals surface area contributed by atoms with E-state index in [2.05, 4.69) is 171 Å². The van der Waals surface area contributed by atoms with E-state index in [9.17, 15) is 0 Å². The van der Waals surface area contributed by atoms with Gasteiger partial charge < -0.3 is 9.47 Å². The third-order valence-corrected chi connectivity index (χ3v) is 10.4. The largest absolute Gasteiger partial charge is 0.309 e. The molecule has 2 nitrogen and oxygen atoms in total. The first-order chi connectivity index (χ1) is 21.4. The van der Waals surface area contributed by atoms with Gasteiger partial charge in [-0.3, -0.25) is 0 Å². The molecule has 0 saturated heterocycles. The second kappa shape index (κ2) is 8.74. The van der Waals surface area contributed by atoms with Crippen LogP contribution in [0.1, 0.15) is 49.9 Å². The number of rotatable bonds is 2. The standard InChI is InChI=1S/C42H34N2/c1-41(2)32-14-7-10-19-38(32)44-39-25-22-28(26-35(39)42(3,4)34-16-11-15-33(41)40(34)44)27-20-23-29(24-21-27)43-36-17-8-5-12-30(36)31-13-6-9-18-37(31)43/h5-26H,1-4H3. The minimum absolute atomic E-state index is 0.0654. The van der Waals surface area contributed by atoms with Gasteiger partial charge in [-0.05, 0) is 75.8 Å². The van der Waals surface area contributed by atoms with Gasteiger partial charge in [0.15, 0.2) is 0 Å². The highest BCUT2D eigenvalue weighted by Crippen LogP contribution is 2.60. The molecular weight excluding hydrogens is 532 g/mol. The minimum atomic E-state index is -0.140. The molecule has 44 heavy (non-hydrogen) atoms. The van der Waals surface area contributed by atoms with Gasteiger partial charge in [-0.2, -0.15) is 0 Å². The van der Waals surface area contributed by atoms with Crippen molar-refractivity contribution < 1.29 is 0 Å². The lowest BCUT2D eigenvalue weighted by Crippen LogP contribution is -2.38. The number of benzene rings is 6. The van der Waals surface area contributed by atoms with Gasteiger partial charge in [0.25, 0.3) is 0 Å². The van der Waals surface area contributed by atoms with Gasteiger partial charge in [-0.15, -0.1) is 0 Å². The van der Waals surface area contributed by atoms with Gasteiger partial charge in [0, 0.05) is 27.3 Å². The molecule has 0 amide bonds. The van der Waals surface area contributed by atoms with Crippen LogP contribution in [-0.4, -0.2) is 4.57 Å². The molecule has 3 heterocycles. The quantitative estimate of drug-likeness (QED) is 0.202. The van der Waals surface area contributed by atoms with Gasteiger partial charge >= 0.3 is 0 Å². The summed E-state index contributed by atoms with van der Waals surface area (Å²) in [4.78, 5) is 2.53. The highest BCUT2D eigenvalue weighted by atomic mass is 15.2. The molecule has 9 rings (SSSR count). The summed E-state index contributed by atoms with van der Waals surface area (Å²) in [6, 6.07) is 49.5. The molecule has 212 valence electrons. The first-order valence-electron chi connectivity index (χ1n) is 15.6. The van der Waals surface area contributed by atoms with Crippen LogP contribution in [-0.2, 0) is 10.8 Å². The number of hydrogen-bond acceptors (Lipinski definition) is 1. The average Bonchev–Trinajstić information content (AvgIpc) is 3.39. The van der Waals surface area contributed by atoms with Crippen LogP contribution in [0.2, 0.25) is 0 Å². The monoisotopic (exact) mass is 566 g/mol. The number of hydrogen-bond donors (Lipinski definition) is 0. The van der Waals surface area contributed by atoms with Crippen molar-refractivity contribution in [1.82, 2.24) is 4.57 Å². The first-order valence-corrected chi connectivity index (χ1v) is 15.6. The Balaban J connectivity index is 1.19. The fourth-order valence-electron chi connectivity index (χ4n) is 8.07. The summed E-state index contributed by atoms with van der Waals surface area (Å²) in [5.74, 6) is 0. The fourth-order valence-corrected chi connectivity index (χ4v) is 8.07. The van der Waals surface area contributed by atoms with E-state index in [1.807, 2.05) is 0 Å². The maximum Gasteiger partial charge on any atom is 0.0543 e. The van der Waals surface area contributed by atoms with Crippen LogP contribution < -0.4 is 4.90 Å². The molecule has 0 spiro atoms. The predicted molar refractivity (Wildman–Crippen MR) is 185 cm³/mol. The summed E-state index contributed by atoms with van der Waals surface area (Å²) in [6.07, 6.45) is 0. The molecule has 0 bridgehead atoms. The number of fused-ring (bicyclic) bond motifs is 7. The second-order valence-electron chi connectivity index (χ2n) is 13.5. The van der Waals surface area contributed by atoms with Crippen LogP contribution in [0, 0.1) is 0 Å². The van der Waals surface area contributed by atoms with Crippen LogP contribution >= 0.6 is 0 Å². The van der Waals surface area contributed by atoms with Crippen molar-refractivity contribution in [3.8, 4) is 16.8 Å². The minimum Gasteiger partial charge on any atom is -0.309 e. The molecule has 0 unspecified atom stereocenters. The Labute approximate surface area is 258 Å². The maximum atomic E-state index is 2.53. The Kier molecular flexibility index (Phi) is 5.05. The second-order valence-corrected chi connectivity index (χ2v) is 13.5. The van der Waals surface area contributed by atoms with Crippen molar-refractivity contribution >= 4 is 38.9 Å². The van der Waals surface area contributed by atoms with Crippen LogP contribution in [0.25, 0.3) is 38.6 Å². The lowest BCUT2D eigenvalue weighted by Gasteiger charge is -2.49. The van der Waals surface area contributed by atoms with Crippen molar-refractivity contribution in [1.29, 1.82) is 0 Å². The van der Waals surface area contributed by atoms with Gasteiger partial charge in [0.2, 0.25) is 0 Å². The van der Waals surface area contributed by atoms with Gasteiger partial charge in [0.05, 0.1) is 28.1 Å². The smallest absolute Gasteiger partial charge is 0.0543 e. The number of nitrogens with zero attached hydrogens (tertiary/aromatic N) is 2. The Hall–Kier alpha value is -5.08. The van der Waals surface area contributed by atoms with E-state index in [1.165, 1.54) is 77.9 Å². The van der Waals surface area contributed by atoms with Crippen LogP contribution in [0.3, 0.4) is 0 Å². The van der Waals surface area contributed by atoms with Crippen LogP contribution in [0.4, 0.5) is 17.1 Å². The van der Waals surface area contributed by atoms with Crippen molar-refractivity contribution in [2.75, 3.05) is 4.90 Å². The molecule has 0 aliphatic carbocycles. The summed E-state index contributed by atoms with van der Waals surface area (Å²) in [5, 5.41) is 2.57. The zero-order valence-corrected chi connectivity index (χ0v) is 25.6. The topological polar surface area (TPSA) is 8.17 Å². The third-order valence-electron chi connectivity index (χ3n) is 10.4. The maximum absolute atomic E-state index is 2.53. The first kappa shape index (κ1) is 25.4. The van der Waals surface area contributed by atoms with Crippen molar-refractivity contribution in [3.63, 3.8) is 0 Å². The van der Waals surface area contributed by atoms with E-state index in [0.717, 1.165) is 0 Å². The molecule has 7 aromatic rings. The van der Waals surface area contributed by atoms with Gasteiger partial charge in [-0.25, -0.2) is 0 Å². The zero-order valence-electron chi connectivity index (χ0n) is 25.6. The number of aromatic nitrogens is 1. The lowest BCUT2D eigenvalue weighted by molar-refractivity contribution is 0.597. The summed E-state index contributed by atoms with van der Waals surface area (Å²) in [6.45, 7) is 9.52. The van der Waals surface area contributed by atoms with E-state index in [4.69, 9.17) is 0 Å². The number of para-hydroxylation sites is 4. The predicted octanol–water partition coefficient (Wildman–Crippen LogP) is 11.2. The lowest BCUT2D eigenvalue weighted by atomic mass is 9.66. The van der Waals surface area contributed by atoms with Gasteiger partial charge in [0.1, 0.15) is 0 Å². The van der Waals surface area contributed by atoms with Gasteiger partial charge in [-0.1, -0.05) is 119 Å². The molecule has 2 heteroatoms. The molecule has 0 atom stereocenters. The normalized spacial score (nSPS) is 15.6. The van der Waals surface area contributed by atoms with Crippen molar-refractivity contribution in [2.24, 2.45) is 0 Å². The van der Waals surface area contributed by atoms with E-state index in [-0.39, 0.29) is 10.8 Å².